The fourth-order valence-corrected chi connectivity index (χ4v) is 3.06. The van der Waals surface area contributed by atoms with Gasteiger partial charge in [0.05, 0.1) is 0 Å². The minimum absolute atomic E-state index is 0.0191. The van der Waals surface area contributed by atoms with Crippen molar-refractivity contribution < 1.29 is 29.0 Å². The van der Waals surface area contributed by atoms with Crippen LogP contribution in [-0.2, 0) is 20.9 Å². The predicted molar refractivity (Wildman–Crippen MR) is 102 cm³/mol. The average molecular weight is 398 g/mol. The van der Waals surface area contributed by atoms with Gasteiger partial charge in [0.2, 0.25) is 0 Å². The quantitative estimate of drug-likeness (QED) is 0.647. The number of aliphatic carboxylic acids is 1. The fourth-order valence-electron chi connectivity index (χ4n) is 3.06. The summed E-state index contributed by atoms with van der Waals surface area (Å²) in [5.41, 5.74) is 1.31. The second-order valence-electron chi connectivity index (χ2n) is 6.55. The topological polar surface area (TPSA) is 107 Å². The summed E-state index contributed by atoms with van der Waals surface area (Å²) in [4.78, 5) is 36.5. The van der Waals surface area contributed by atoms with Gasteiger partial charge in [-0.2, -0.15) is 0 Å². The molecule has 1 aliphatic heterocycles. The lowest BCUT2D eigenvalue weighted by atomic mass is 10.0. The van der Waals surface area contributed by atoms with E-state index in [1.165, 1.54) is 11.0 Å². The van der Waals surface area contributed by atoms with E-state index in [0.717, 1.165) is 5.56 Å². The van der Waals surface area contributed by atoms with Crippen molar-refractivity contribution in [2.24, 2.45) is 0 Å². The van der Waals surface area contributed by atoms with Gasteiger partial charge in [-0.1, -0.05) is 42.5 Å². The Morgan fingerprint density at radius 2 is 1.83 bits per heavy atom. The lowest BCUT2D eigenvalue weighted by molar-refractivity contribution is -0.138. The van der Waals surface area contributed by atoms with Crippen LogP contribution in [0.1, 0.15) is 12.0 Å². The maximum Gasteiger partial charge on any atom is 0.322 e. The molecule has 2 amide bonds. The molecule has 0 aliphatic carbocycles. The van der Waals surface area contributed by atoms with E-state index >= 15 is 0 Å². The van der Waals surface area contributed by atoms with Crippen LogP contribution < -0.4 is 5.32 Å². The molecule has 0 saturated heterocycles. The number of hydrogen-bond acceptors (Lipinski definition) is 4. The largest absolute Gasteiger partial charge is 0.511 e. The van der Waals surface area contributed by atoms with Crippen LogP contribution in [0.5, 0.6) is 0 Å². The predicted octanol–water partition coefficient (Wildman–Crippen LogP) is 2.24. The minimum atomic E-state index is -1.28. The van der Waals surface area contributed by atoms with Crippen LogP contribution in [0.3, 0.4) is 0 Å². The molecule has 0 spiro atoms. The SMILES string of the molecule is O=C(O)CNC(=O)C1=C(O)CCN(Cc2ccc(-c3ccccc3)cc2F)C1=O. The maximum atomic E-state index is 14.6. The Hall–Kier alpha value is -3.68. The zero-order valence-corrected chi connectivity index (χ0v) is 15.4. The third-order valence-electron chi connectivity index (χ3n) is 4.56. The summed E-state index contributed by atoms with van der Waals surface area (Å²) in [6, 6.07) is 14.0. The molecule has 0 saturated carbocycles. The number of aliphatic hydroxyl groups excluding tert-OH is 1. The van der Waals surface area contributed by atoms with Crippen LogP contribution in [-0.4, -0.2) is 46.0 Å². The van der Waals surface area contributed by atoms with E-state index in [1.54, 1.807) is 12.1 Å². The summed E-state index contributed by atoms with van der Waals surface area (Å²) in [6.45, 7) is -0.651. The van der Waals surface area contributed by atoms with E-state index in [1.807, 2.05) is 30.3 Å². The molecule has 0 fully saturated rings. The van der Waals surface area contributed by atoms with Gasteiger partial charge in [0.15, 0.2) is 0 Å². The number of carbonyl (C=O) groups excluding carboxylic acids is 2. The van der Waals surface area contributed by atoms with Crippen LogP contribution in [0.15, 0.2) is 59.9 Å². The van der Waals surface area contributed by atoms with Gasteiger partial charge < -0.3 is 20.4 Å². The van der Waals surface area contributed by atoms with Crippen LogP contribution >= 0.6 is 0 Å². The van der Waals surface area contributed by atoms with Gasteiger partial charge in [0, 0.05) is 25.1 Å². The highest BCUT2D eigenvalue weighted by molar-refractivity contribution is 6.19. The van der Waals surface area contributed by atoms with Crippen LogP contribution in [0, 0.1) is 5.82 Å². The van der Waals surface area contributed by atoms with Gasteiger partial charge in [-0.3, -0.25) is 14.4 Å². The van der Waals surface area contributed by atoms with E-state index in [2.05, 4.69) is 5.32 Å². The molecule has 0 radical (unpaired) electrons. The summed E-state index contributed by atoms with van der Waals surface area (Å²) in [7, 11) is 0. The van der Waals surface area contributed by atoms with Gasteiger partial charge in [-0.25, -0.2) is 4.39 Å². The van der Waals surface area contributed by atoms with E-state index < -0.39 is 41.5 Å². The number of carboxylic acid groups (broad SMARTS) is 1. The minimum Gasteiger partial charge on any atom is -0.511 e. The first-order chi connectivity index (χ1) is 13.9. The smallest absolute Gasteiger partial charge is 0.322 e. The van der Waals surface area contributed by atoms with Gasteiger partial charge >= 0.3 is 5.97 Å². The standard InChI is InChI=1S/C21H19FN2O5/c22-16-10-14(13-4-2-1-3-5-13)6-7-15(16)12-24-9-8-17(25)19(21(24)29)20(28)23-11-18(26)27/h1-7,10,25H,8-9,11-12H2,(H,23,28)(H,26,27). The first-order valence-corrected chi connectivity index (χ1v) is 8.92. The molecule has 3 N–H and O–H groups in total. The number of nitrogens with zero attached hydrogens (tertiary/aromatic N) is 1. The Bertz CT molecular complexity index is 988. The molecule has 7 nitrogen and oxygen atoms in total. The Kier molecular flexibility index (Phi) is 5.92. The van der Waals surface area contributed by atoms with Crippen molar-refractivity contribution in [2.45, 2.75) is 13.0 Å². The molecule has 2 aromatic rings. The first kappa shape index (κ1) is 20.1. The highest BCUT2D eigenvalue weighted by atomic mass is 19.1. The molecule has 3 rings (SSSR count). The maximum absolute atomic E-state index is 14.6. The molecule has 0 bridgehead atoms. The summed E-state index contributed by atoms with van der Waals surface area (Å²) in [6.07, 6.45) is 0.0191. The van der Waals surface area contributed by atoms with Crippen LogP contribution in [0.4, 0.5) is 4.39 Å². The summed E-state index contributed by atoms with van der Waals surface area (Å²) in [5, 5.41) is 20.6. The number of benzene rings is 2. The van der Waals surface area contributed by atoms with E-state index in [0.29, 0.717) is 5.56 Å². The summed E-state index contributed by atoms with van der Waals surface area (Å²) in [5.74, 6) is -3.93. The Labute approximate surface area is 166 Å². The second-order valence-corrected chi connectivity index (χ2v) is 6.55. The summed E-state index contributed by atoms with van der Waals surface area (Å²) < 4.78 is 14.6. The molecule has 1 aliphatic rings. The van der Waals surface area contributed by atoms with Crippen molar-refractivity contribution in [3.05, 3.63) is 71.2 Å². The lowest BCUT2D eigenvalue weighted by Gasteiger charge is -2.28. The Balaban J connectivity index is 1.76. The lowest BCUT2D eigenvalue weighted by Crippen LogP contribution is -2.43. The monoisotopic (exact) mass is 398 g/mol. The van der Waals surface area contributed by atoms with Gasteiger partial charge in [-0.05, 0) is 17.2 Å². The highest BCUT2D eigenvalue weighted by Gasteiger charge is 2.32. The zero-order valence-electron chi connectivity index (χ0n) is 15.4. The van der Waals surface area contributed by atoms with Crippen LogP contribution in [0.25, 0.3) is 11.1 Å². The molecular formula is C21H19FN2O5. The number of nitrogens with one attached hydrogen (secondary N) is 1. The number of carboxylic acids is 1. The third kappa shape index (κ3) is 4.60. The molecule has 0 unspecified atom stereocenters. The van der Waals surface area contributed by atoms with E-state index in [9.17, 15) is 23.9 Å². The van der Waals surface area contributed by atoms with Gasteiger partial charge in [-0.15, -0.1) is 0 Å². The number of hydrogen-bond donors (Lipinski definition) is 3. The Morgan fingerprint density at radius 3 is 2.48 bits per heavy atom. The molecule has 8 heteroatoms. The molecule has 0 aromatic heterocycles. The Morgan fingerprint density at radius 1 is 1.10 bits per heavy atom. The van der Waals surface area contributed by atoms with Crippen molar-refractivity contribution in [3.63, 3.8) is 0 Å². The fraction of sp³-hybridized carbons (Fsp3) is 0.190. The van der Waals surface area contributed by atoms with Gasteiger partial charge in [0.25, 0.3) is 11.8 Å². The third-order valence-corrected chi connectivity index (χ3v) is 4.56. The van der Waals surface area contributed by atoms with Crippen molar-refractivity contribution >= 4 is 17.8 Å². The molecule has 1 heterocycles. The normalized spacial score (nSPS) is 14.1. The molecular weight excluding hydrogens is 379 g/mol. The van der Waals surface area contributed by atoms with Crippen LogP contribution in [0.2, 0.25) is 0 Å². The number of halogens is 1. The first-order valence-electron chi connectivity index (χ1n) is 8.92. The number of aliphatic hydroxyl groups is 1. The molecule has 0 atom stereocenters. The van der Waals surface area contributed by atoms with Crippen molar-refractivity contribution in [1.29, 1.82) is 0 Å². The van der Waals surface area contributed by atoms with Crippen molar-refractivity contribution in [1.82, 2.24) is 10.2 Å². The van der Waals surface area contributed by atoms with Crippen molar-refractivity contribution in [3.8, 4) is 11.1 Å². The zero-order chi connectivity index (χ0) is 21.0. The second kappa shape index (κ2) is 8.55. The molecule has 2 aromatic carbocycles. The number of carbonyl (C=O) groups is 3. The van der Waals surface area contributed by atoms with E-state index in [4.69, 9.17) is 5.11 Å². The summed E-state index contributed by atoms with van der Waals surface area (Å²) >= 11 is 0. The molecule has 150 valence electrons. The number of amides is 2. The van der Waals surface area contributed by atoms with Crippen molar-refractivity contribution in [2.75, 3.05) is 13.1 Å². The van der Waals surface area contributed by atoms with Gasteiger partial charge in [0.1, 0.15) is 23.7 Å². The average Bonchev–Trinajstić information content (AvgIpc) is 2.70. The number of rotatable bonds is 6. The van der Waals surface area contributed by atoms with E-state index in [-0.39, 0.29) is 25.1 Å². The highest BCUT2D eigenvalue weighted by Crippen LogP contribution is 2.24. The molecule has 29 heavy (non-hydrogen) atoms.